The van der Waals surface area contributed by atoms with Crippen molar-refractivity contribution in [3.8, 4) is 6.07 Å². The number of imidazole rings is 1. The minimum atomic E-state index is -0.489. The zero-order chi connectivity index (χ0) is 23.6. The van der Waals surface area contributed by atoms with Gasteiger partial charge in [-0.3, -0.25) is 9.59 Å². The number of benzene rings is 1. The number of nitrogens with zero attached hydrogens (tertiary/aromatic N) is 3. The third-order valence-electron chi connectivity index (χ3n) is 6.26. The van der Waals surface area contributed by atoms with Crippen LogP contribution in [0.25, 0.3) is 0 Å². The van der Waals surface area contributed by atoms with E-state index in [1.54, 1.807) is 6.20 Å². The normalized spacial score (nSPS) is 19.0. The van der Waals surface area contributed by atoms with E-state index in [1.165, 1.54) is 5.56 Å². The molecule has 2 N–H and O–H groups in total. The highest BCUT2D eigenvalue weighted by molar-refractivity contribution is 5.95. The highest BCUT2D eigenvalue weighted by Crippen LogP contribution is 2.25. The standard InChI is InChI=1S/C26H35N5O2/c1-19(2)16-22(17-27)29-26(33)23-7-3-4-8-24(23)30-25(32)21-11-9-20(10-12-21)6-5-14-31-15-13-28-18-31/h9-13,15,18-19,22-24H,3-8,14,16H2,1-2H3,(H,29,33)(H,30,32)/t22-,23+,24-/m0/s1. The van der Waals surface area contributed by atoms with Crippen molar-refractivity contribution in [2.24, 2.45) is 11.8 Å². The summed E-state index contributed by atoms with van der Waals surface area (Å²) in [5.74, 6) is -0.247. The van der Waals surface area contributed by atoms with Gasteiger partial charge >= 0.3 is 0 Å². The van der Waals surface area contributed by atoms with Crippen molar-refractivity contribution in [1.29, 1.82) is 5.26 Å². The Labute approximate surface area is 196 Å². The summed E-state index contributed by atoms with van der Waals surface area (Å²) in [5.41, 5.74) is 1.79. The van der Waals surface area contributed by atoms with Crippen LogP contribution in [0, 0.1) is 23.2 Å². The van der Waals surface area contributed by atoms with E-state index in [1.807, 2.05) is 50.6 Å². The van der Waals surface area contributed by atoms with Crippen molar-refractivity contribution in [2.45, 2.75) is 77.4 Å². The summed E-state index contributed by atoms with van der Waals surface area (Å²) in [5, 5.41) is 15.3. The average Bonchev–Trinajstić information content (AvgIpc) is 3.32. The molecule has 0 radical (unpaired) electrons. The van der Waals surface area contributed by atoms with E-state index in [0.29, 0.717) is 17.9 Å². The fraction of sp³-hybridized carbons (Fsp3) is 0.538. The Morgan fingerprint density at radius 3 is 2.64 bits per heavy atom. The molecule has 1 fully saturated rings. The maximum Gasteiger partial charge on any atom is 0.251 e. The van der Waals surface area contributed by atoms with E-state index < -0.39 is 6.04 Å². The summed E-state index contributed by atoms with van der Waals surface area (Å²) >= 11 is 0. The van der Waals surface area contributed by atoms with E-state index in [0.717, 1.165) is 45.1 Å². The van der Waals surface area contributed by atoms with Crippen LogP contribution in [0.3, 0.4) is 0 Å². The lowest BCUT2D eigenvalue weighted by molar-refractivity contribution is -0.127. The Morgan fingerprint density at radius 1 is 1.21 bits per heavy atom. The number of aryl methyl sites for hydroxylation is 2. The van der Waals surface area contributed by atoms with Crippen LogP contribution >= 0.6 is 0 Å². The Morgan fingerprint density at radius 2 is 1.97 bits per heavy atom. The van der Waals surface area contributed by atoms with Gasteiger partial charge in [0.2, 0.25) is 5.91 Å². The van der Waals surface area contributed by atoms with Crippen LogP contribution in [0.15, 0.2) is 43.0 Å². The summed E-state index contributed by atoms with van der Waals surface area (Å²) in [6.45, 7) is 4.98. The Balaban J connectivity index is 1.53. The molecule has 3 rings (SSSR count). The monoisotopic (exact) mass is 449 g/mol. The third-order valence-corrected chi connectivity index (χ3v) is 6.26. The quantitative estimate of drug-likeness (QED) is 0.575. The lowest BCUT2D eigenvalue weighted by Crippen LogP contribution is -2.50. The summed E-state index contributed by atoms with van der Waals surface area (Å²) < 4.78 is 2.06. The van der Waals surface area contributed by atoms with Gasteiger partial charge in [-0.25, -0.2) is 4.98 Å². The van der Waals surface area contributed by atoms with Gasteiger partial charge in [-0.1, -0.05) is 38.8 Å². The highest BCUT2D eigenvalue weighted by atomic mass is 16.2. The second-order valence-electron chi connectivity index (χ2n) is 9.39. The minimum Gasteiger partial charge on any atom is -0.349 e. The Bertz CT molecular complexity index is 931. The lowest BCUT2D eigenvalue weighted by atomic mass is 9.83. The van der Waals surface area contributed by atoms with E-state index >= 15 is 0 Å². The van der Waals surface area contributed by atoms with E-state index in [2.05, 4.69) is 26.3 Å². The number of hydrogen-bond acceptors (Lipinski definition) is 4. The molecule has 33 heavy (non-hydrogen) atoms. The molecular formula is C26H35N5O2. The van der Waals surface area contributed by atoms with Gasteiger partial charge in [0.05, 0.1) is 18.3 Å². The molecule has 176 valence electrons. The van der Waals surface area contributed by atoms with Gasteiger partial charge in [-0.15, -0.1) is 0 Å². The average molecular weight is 450 g/mol. The van der Waals surface area contributed by atoms with Crippen molar-refractivity contribution < 1.29 is 9.59 Å². The number of aromatic nitrogens is 2. The maximum absolute atomic E-state index is 12.9. The molecule has 0 aliphatic heterocycles. The van der Waals surface area contributed by atoms with Gasteiger partial charge in [-0.05, 0) is 55.7 Å². The topological polar surface area (TPSA) is 99.8 Å². The second-order valence-corrected chi connectivity index (χ2v) is 9.39. The molecule has 3 atom stereocenters. The van der Waals surface area contributed by atoms with Gasteiger partial charge in [0.15, 0.2) is 0 Å². The van der Waals surface area contributed by atoms with Crippen molar-refractivity contribution in [3.63, 3.8) is 0 Å². The Hall–Kier alpha value is -3.14. The zero-order valence-electron chi connectivity index (χ0n) is 19.7. The lowest BCUT2D eigenvalue weighted by Gasteiger charge is -2.32. The molecule has 2 aromatic rings. The predicted molar refractivity (Wildman–Crippen MR) is 127 cm³/mol. The van der Waals surface area contributed by atoms with E-state index in [4.69, 9.17) is 0 Å². The first-order valence-electron chi connectivity index (χ1n) is 12.0. The fourth-order valence-electron chi connectivity index (χ4n) is 4.47. The molecule has 1 aromatic heterocycles. The number of nitrogens with one attached hydrogen (secondary N) is 2. The molecule has 7 nitrogen and oxygen atoms in total. The Kier molecular flexibility index (Phi) is 9.05. The molecule has 1 heterocycles. The summed E-state index contributed by atoms with van der Waals surface area (Å²) in [7, 11) is 0. The number of nitriles is 1. The molecule has 1 aromatic carbocycles. The number of rotatable bonds is 10. The summed E-state index contributed by atoms with van der Waals surface area (Å²) in [6, 6.07) is 9.20. The second kappa shape index (κ2) is 12.2. The molecule has 0 bridgehead atoms. The molecule has 2 amide bonds. The van der Waals surface area contributed by atoms with Crippen molar-refractivity contribution >= 4 is 11.8 Å². The van der Waals surface area contributed by atoms with Crippen molar-refractivity contribution in [1.82, 2.24) is 20.2 Å². The number of hydrogen-bond donors (Lipinski definition) is 2. The molecule has 0 spiro atoms. The first kappa shape index (κ1) is 24.5. The van der Waals surface area contributed by atoms with Crippen LogP contribution in [0.5, 0.6) is 0 Å². The van der Waals surface area contributed by atoms with Gasteiger partial charge < -0.3 is 15.2 Å². The zero-order valence-corrected chi connectivity index (χ0v) is 19.7. The van der Waals surface area contributed by atoms with Crippen LogP contribution in [0.4, 0.5) is 0 Å². The van der Waals surface area contributed by atoms with Crippen molar-refractivity contribution in [3.05, 3.63) is 54.1 Å². The molecule has 1 saturated carbocycles. The number of carbonyl (C=O) groups is 2. The molecule has 7 heteroatoms. The molecule has 0 unspecified atom stereocenters. The van der Waals surface area contributed by atoms with Crippen LogP contribution in [-0.4, -0.2) is 33.4 Å². The maximum atomic E-state index is 12.9. The molecule has 1 aliphatic carbocycles. The summed E-state index contributed by atoms with van der Waals surface area (Å²) in [6.07, 6.45) is 11.6. The molecular weight excluding hydrogens is 414 g/mol. The summed E-state index contributed by atoms with van der Waals surface area (Å²) in [4.78, 5) is 29.8. The van der Waals surface area contributed by atoms with Gasteiger partial charge in [0, 0.05) is 30.5 Å². The smallest absolute Gasteiger partial charge is 0.251 e. The SMILES string of the molecule is CC(C)C[C@@H](C#N)NC(=O)[C@@H]1CCCC[C@@H]1NC(=O)c1ccc(CCCn2ccnc2)cc1. The fourth-order valence-corrected chi connectivity index (χ4v) is 4.47. The molecule has 0 saturated heterocycles. The van der Waals surface area contributed by atoms with Crippen LogP contribution in [0.1, 0.15) is 68.3 Å². The highest BCUT2D eigenvalue weighted by Gasteiger charge is 2.33. The van der Waals surface area contributed by atoms with E-state index in [-0.39, 0.29) is 23.8 Å². The minimum absolute atomic E-state index is 0.125. The number of carbonyl (C=O) groups excluding carboxylic acids is 2. The van der Waals surface area contributed by atoms with Gasteiger partial charge in [0.25, 0.3) is 5.91 Å². The van der Waals surface area contributed by atoms with Gasteiger partial charge in [-0.2, -0.15) is 5.26 Å². The van der Waals surface area contributed by atoms with Gasteiger partial charge in [0.1, 0.15) is 6.04 Å². The van der Waals surface area contributed by atoms with Crippen LogP contribution in [-0.2, 0) is 17.8 Å². The largest absolute Gasteiger partial charge is 0.349 e. The number of amides is 2. The van der Waals surface area contributed by atoms with Crippen LogP contribution in [0.2, 0.25) is 0 Å². The first-order valence-corrected chi connectivity index (χ1v) is 12.0. The van der Waals surface area contributed by atoms with E-state index in [9.17, 15) is 14.9 Å². The third kappa shape index (κ3) is 7.45. The van der Waals surface area contributed by atoms with Crippen molar-refractivity contribution in [2.75, 3.05) is 0 Å². The molecule has 1 aliphatic rings. The first-order chi connectivity index (χ1) is 16.0. The predicted octanol–water partition coefficient (Wildman–Crippen LogP) is 3.86. The van der Waals surface area contributed by atoms with Crippen LogP contribution < -0.4 is 10.6 Å².